The second-order valence-corrected chi connectivity index (χ2v) is 14.4. The summed E-state index contributed by atoms with van der Waals surface area (Å²) in [6.07, 6.45) is 3.64. The van der Waals surface area contributed by atoms with Crippen LogP contribution in [0.25, 0.3) is 111 Å². The number of pyridine rings is 1. The normalized spacial score (nSPS) is 11.4. The van der Waals surface area contributed by atoms with E-state index in [0.29, 0.717) is 11.4 Å². The van der Waals surface area contributed by atoms with Crippen molar-refractivity contribution in [2.24, 2.45) is 0 Å². The number of nitriles is 1. The average molecular weight is 743 g/mol. The summed E-state index contributed by atoms with van der Waals surface area (Å²) in [4.78, 5) is 14.9. The van der Waals surface area contributed by atoms with Crippen LogP contribution in [-0.2, 0) is 0 Å². The van der Waals surface area contributed by atoms with Gasteiger partial charge in [0.1, 0.15) is 22.3 Å². The molecule has 0 bridgehead atoms. The van der Waals surface area contributed by atoms with E-state index in [4.69, 9.17) is 18.8 Å². The maximum Gasteiger partial charge on any atom is 0.161 e. The Morgan fingerprint density at radius 1 is 0.397 bits per heavy atom. The molecule has 11 aromatic rings. The van der Waals surface area contributed by atoms with Crippen LogP contribution in [0.3, 0.4) is 0 Å². The van der Waals surface area contributed by atoms with E-state index < -0.39 is 0 Å². The van der Waals surface area contributed by atoms with Gasteiger partial charge in [-0.25, -0.2) is 9.97 Å². The van der Waals surface area contributed by atoms with Crippen LogP contribution in [0, 0.1) is 11.3 Å². The highest BCUT2D eigenvalue weighted by Crippen LogP contribution is 2.40. The maximum absolute atomic E-state index is 9.57. The van der Waals surface area contributed by atoms with Crippen molar-refractivity contribution < 1.29 is 8.83 Å². The van der Waals surface area contributed by atoms with Crippen molar-refractivity contribution >= 4 is 43.9 Å². The second kappa shape index (κ2) is 13.6. The summed E-state index contributed by atoms with van der Waals surface area (Å²) >= 11 is 0. The lowest BCUT2D eigenvalue weighted by Gasteiger charge is -2.15. The Morgan fingerprint density at radius 2 is 0.931 bits per heavy atom. The molecular formula is C52H30N4O2. The summed E-state index contributed by atoms with van der Waals surface area (Å²) < 4.78 is 12.4. The van der Waals surface area contributed by atoms with Crippen LogP contribution in [0.15, 0.2) is 191 Å². The topological polar surface area (TPSA) is 88.7 Å². The van der Waals surface area contributed by atoms with Gasteiger partial charge in [0.25, 0.3) is 0 Å². The van der Waals surface area contributed by atoms with E-state index in [1.807, 2.05) is 97.2 Å². The molecule has 4 heterocycles. The number of aromatic nitrogens is 3. The molecule has 6 heteroatoms. The van der Waals surface area contributed by atoms with E-state index in [9.17, 15) is 5.26 Å². The lowest BCUT2D eigenvalue weighted by Crippen LogP contribution is -1.98. The molecule has 0 spiro atoms. The standard InChI is InChI=1S/C52H30N4O2/c53-30-32-15-17-33(18-16-32)46-29-47(56-52(55-46)43-12-2-1-9-40(43)36-8-7-23-54-31-36)39-25-37(34-19-21-50-44(27-34)41-10-3-5-13-48(41)57-50)24-38(26-39)35-20-22-51-45(28-35)42-11-4-6-14-49(42)58-51/h1-29,31H. The van der Waals surface area contributed by atoms with Crippen molar-refractivity contribution in [3.63, 3.8) is 0 Å². The number of hydrogen-bond acceptors (Lipinski definition) is 6. The third kappa shape index (κ3) is 5.78. The molecule has 0 saturated carbocycles. The van der Waals surface area contributed by atoms with Crippen LogP contribution >= 0.6 is 0 Å². The number of benzene rings is 7. The summed E-state index contributed by atoms with van der Waals surface area (Å²) in [6, 6.07) is 59.7. The third-order valence-electron chi connectivity index (χ3n) is 10.8. The predicted octanol–water partition coefficient (Wildman–Crippen LogP) is 13.5. The minimum Gasteiger partial charge on any atom is -0.456 e. The van der Waals surface area contributed by atoms with Gasteiger partial charge >= 0.3 is 0 Å². The van der Waals surface area contributed by atoms with Crippen LogP contribution in [0.4, 0.5) is 0 Å². The number of fused-ring (bicyclic) bond motifs is 6. The Bertz CT molecular complexity index is 3280. The van der Waals surface area contributed by atoms with Gasteiger partial charge in [0, 0.05) is 56.2 Å². The van der Waals surface area contributed by atoms with Crippen LogP contribution < -0.4 is 0 Å². The zero-order valence-electron chi connectivity index (χ0n) is 30.9. The Hall–Kier alpha value is -8.14. The molecule has 270 valence electrons. The Balaban J connectivity index is 1.15. The molecule has 0 radical (unpaired) electrons. The molecule has 0 N–H and O–H groups in total. The Morgan fingerprint density at radius 3 is 1.53 bits per heavy atom. The first-order chi connectivity index (χ1) is 28.6. The fourth-order valence-corrected chi connectivity index (χ4v) is 7.95. The Kier molecular flexibility index (Phi) is 7.76. The van der Waals surface area contributed by atoms with Gasteiger partial charge in [-0.2, -0.15) is 5.26 Å². The molecular weight excluding hydrogens is 713 g/mol. The van der Waals surface area contributed by atoms with Gasteiger partial charge in [0.2, 0.25) is 0 Å². The molecule has 7 aromatic carbocycles. The predicted molar refractivity (Wildman–Crippen MR) is 232 cm³/mol. The highest BCUT2D eigenvalue weighted by Gasteiger charge is 2.18. The number of para-hydroxylation sites is 2. The first-order valence-corrected chi connectivity index (χ1v) is 19.0. The average Bonchev–Trinajstić information content (AvgIpc) is 3.87. The number of hydrogen-bond donors (Lipinski definition) is 0. The fraction of sp³-hybridized carbons (Fsp3) is 0. The molecule has 0 aliphatic carbocycles. The van der Waals surface area contributed by atoms with Crippen molar-refractivity contribution in [1.29, 1.82) is 5.26 Å². The van der Waals surface area contributed by atoms with Crippen molar-refractivity contribution in [2.45, 2.75) is 0 Å². The smallest absolute Gasteiger partial charge is 0.161 e. The van der Waals surface area contributed by atoms with Gasteiger partial charge < -0.3 is 8.83 Å². The first-order valence-electron chi connectivity index (χ1n) is 19.0. The van der Waals surface area contributed by atoms with Crippen molar-refractivity contribution in [2.75, 3.05) is 0 Å². The van der Waals surface area contributed by atoms with E-state index in [0.717, 1.165) is 105 Å². The number of rotatable bonds is 6. The van der Waals surface area contributed by atoms with Gasteiger partial charge in [-0.15, -0.1) is 0 Å². The molecule has 0 aliphatic rings. The molecule has 4 aromatic heterocycles. The van der Waals surface area contributed by atoms with Gasteiger partial charge in [-0.3, -0.25) is 4.98 Å². The first kappa shape index (κ1) is 33.2. The molecule has 0 fully saturated rings. The lowest BCUT2D eigenvalue weighted by atomic mass is 9.93. The third-order valence-corrected chi connectivity index (χ3v) is 10.8. The molecule has 0 amide bonds. The molecule has 0 unspecified atom stereocenters. The summed E-state index contributed by atoms with van der Waals surface area (Å²) in [5.41, 5.74) is 14.3. The molecule has 11 rings (SSSR count). The van der Waals surface area contributed by atoms with Crippen LogP contribution in [0.5, 0.6) is 0 Å². The SMILES string of the molecule is N#Cc1ccc(-c2cc(-c3cc(-c4ccc5oc6ccccc6c5c4)cc(-c4ccc5oc6ccccc6c5c4)c3)nc(-c3ccccc3-c3cccnc3)n2)cc1. The van der Waals surface area contributed by atoms with Gasteiger partial charge in [0.15, 0.2) is 5.82 Å². The van der Waals surface area contributed by atoms with Gasteiger partial charge in [-0.1, -0.05) is 91.0 Å². The summed E-state index contributed by atoms with van der Waals surface area (Å²) in [7, 11) is 0. The van der Waals surface area contributed by atoms with Crippen molar-refractivity contribution in [3.8, 4) is 73.4 Å². The largest absolute Gasteiger partial charge is 0.456 e. The monoisotopic (exact) mass is 742 g/mol. The van der Waals surface area contributed by atoms with E-state index in [1.165, 1.54) is 0 Å². The Labute approximate surface area is 333 Å². The molecule has 58 heavy (non-hydrogen) atoms. The number of furan rings is 2. The van der Waals surface area contributed by atoms with Crippen LogP contribution in [0.2, 0.25) is 0 Å². The van der Waals surface area contributed by atoms with E-state index in [2.05, 4.69) is 89.9 Å². The summed E-state index contributed by atoms with van der Waals surface area (Å²) in [6.45, 7) is 0. The number of nitrogens with zero attached hydrogens (tertiary/aromatic N) is 4. The molecule has 0 atom stereocenters. The quantitative estimate of drug-likeness (QED) is 0.168. The van der Waals surface area contributed by atoms with Gasteiger partial charge in [0.05, 0.1) is 23.0 Å². The highest BCUT2D eigenvalue weighted by atomic mass is 16.3. The minimum absolute atomic E-state index is 0.584. The zero-order chi connectivity index (χ0) is 38.6. The molecule has 6 nitrogen and oxygen atoms in total. The molecule has 0 aliphatic heterocycles. The highest BCUT2D eigenvalue weighted by molar-refractivity contribution is 6.07. The lowest BCUT2D eigenvalue weighted by molar-refractivity contribution is 0.668. The van der Waals surface area contributed by atoms with Crippen LogP contribution in [-0.4, -0.2) is 15.0 Å². The van der Waals surface area contributed by atoms with E-state index in [1.54, 1.807) is 6.20 Å². The van der Waals surface area contributed by atoms with Crippen LogP contribution in [0.1, 0.15) is 5.56 Å². The molecule has 0 saturated heterocycles. The minimum atomic E-state index is 0.584. The maximum atomic E-state index is 9.57. The summed E-state index contributed by atoms with van der Waals surface area (Å²) in [5, 5.41) is 13.8. The van der Waals surface area contributed by atoms with Crippen molar-refractivity contribution in [1.82, 2.24) is 15.0 Å². The second-order valence-electron chi connectivity index (χ2n) is 14.4. The van der Waals surface area contributed by atoms with E-state index in [-0.39, 0.29) is 0 Å². The summed E-state index contributed by atoms with van der Waals surface area (Å²) in [5.74, 6) is 0.584. The van der Waals surface area contributed by atoms with Crippen molar-refractivity contribution in [3.05, 3.63) is 188 Å². The van der Waals surface area contributed by atoms with E-state index >= 15 is 0 Å². The van der Waals surface area contributed by atoms with Gasteiger partial charge in [-0.05, 0) is 107 Å². The fourth-order valence-electron chi connectivity index (χ4n) is 7.95. The zero-order valence-corrected chi connectivity index (χ0v) is 30.9.